The van der Waals surface area contributed by atoms with Gasteiger partial charge < -0.3 is 5.73 Å². The van der Waals surface area contributed by atoms with Crippen LogP contribution in [0.4, 0.5) is 13.2 Å². The Morgan fingerprint density at radius 3 is 2.17 bits per heavy atom. The van der Waals surface area contributed by atoms with Crippen molar-refractivity contribution in [3.63, 3.8) is 0 Å². The van der Waals surface area contributed by atoms with Crippen LogP contribution in [0.15, 0.2) is 35.5 Å². The van der Waals surface area contributed by atoms with Crippen LogP contribution in [0, 0.1) is 0 Å². The van der Waals surface area contributed by atoms with Crippen LogP contribution < -0.4 is 5.73 Å². The SMILES string of the molecule is CC/C(C(=O)c1ccc(Cl)cc1)=C(/N)C(F)(F)F. The summed E-state index contributed by atoms with van der Waals surface area (Å²) >= 11 is 5.64. The van der Waals surface area contributed by atoms with E-state index in [4.69, 9.17) is 17.3 Å². The lowest BCUT2D eigenvalue weighted by Crippen LogP contribution is -2.24. The van der Waals surface area contributed by atoms with E-state index in [1.54, 1.807) is 0 Å². The van der Waals surface area contributed by atoms with Gasteiger partial charge in [0, 0.05) is 16.2 Å². The molecular weight excluding hydrogens is 267 g/mol. The first-order chi connectivity index (χ1) is 8.27. The van der Waals surface area contributed by atoms with Gasteiger partial charge in [0.2, 0.25) is 0 Å². The van der Waals surface area contributed by atoms with Crippen molar-refractivity contribution in [1.29, 1.82) is 0 Å². The van der Waals surface area contributed by atoms with Crippen molar-refractivity contribution in [2.45, 2.75) is 19.5 Å². The Balaban J connectivity index is 3.19. The highest BCUT2D eigenvalue weighted by molar-refractivity contribution is 6.30. The van der Waals surface area contributed by atoms with E-state index in [1.807, 2.05) is 0 Å². The highest BCUT2D eigenvalue weighted by Gasteiger charge is 2.35. The van der Waals surface area contributed by atoms with Gasteiger partial charge in [-0.15, -0.1) is 0 Å². The fraction of sp³-hybridized carbons (Fsp3) is 0.250. The number of ketones is 1. The van der Waals surface area contributed by atoms with Gasteiger partial charge in [0.15, 0.2) is 5.78 Å². The summed E-state index contributed by atoms with van der Waals surface area (Å²) in [6.45, 7) is 1.45. The van der Waals surface area contributed by atoms with Gasteiger partial charge >= 0.3 is 6.18 Å². The minimum atomic E-state index is -4.70. The van der Waals surface area contributed by atoms with Crippen molar-refractivity contribution in [2.24, 2.45) is 5.73 Å². The molecule has 0 radical (unpaired) electrons. The zero-order valence-electron chi connectivity index (χ0n) is 9.51. The predicted molar refractivity (Wildman–Crippen MR) is 63.3 cm³/mol. The Bertz CT molecular complexity index is 477. The molecular formula is C12H11ClF3NO. The highest BCUT2D eigenvalue weighted by atomic mass is 35.5. The third-order valence-corrected chi connectivity index (χ3v) is 2.62. The molecule has 1 aromatic carbocycles. The summed E-state index contributed by atoms with van der Waals surface area (Å²) in [5.74, 6) is -0.732. The number of carbonyl (C=O) groups excluding carboxylic acids is 1. The lowest BCUT2D eigenvalue weighted by atomic mass is 9.99. The Hall–Kier alpha value is -1.49. The third-order valence-electron chi connectivity index (χ3n) is 2.36. The maximum absolute atomic E-state index is 12.5. The van der Waals surface area contributed by atoms with Crippen molar-refractivity contribution < 1.29 is 18.0 Å². The molecule has 0 aliphatic heterocycles. The van der Waals surface area contributed by atoms with E-state index in [2.05, 4.69) is 0 Å². The average Bonchev–Trinajstić information content (AvgIpc) is 2.29. The first kappa shape index (κ1) is 14.6. The molecule has 0 saturated heterocycles. The van der Waals surface area contributed by atoms with Crippen molar-refractivity contribution in [1.82, 2.24) is 0 Å². The van der Waals surface area contributed by atoms with Crippen LogP contribution in [0.1, 0.15) is 23.7 Å². The number of benzene rings is 1. The summed E-state index contributed by atoms with van der Waals surface area (Å²) in [6.07, 6.45) is -4.79. The lowest BCUT2D eigenvalue weighted by molar-refractivity contribution is -0.0935. The first-order valence-electron chi connectivity index (χ1n) is 5.13. The van der Waals surface area contributed by atoms with E-state index < -0.39 is 23.2 Å². The summed E-state index contributed by atoms with van der Waals surface area (Å²) in [6, 6.07) is 5.60. The number of alkyl halides is 3. The fourth-order valence-corrected chi connectivity index (χ4v) is 1.55. The lowest BCUT2D eigenvalue weighted by Gasteiger charge is -2.12. The second kappa shape index (κ2) is 5.44. The van der Waals surface area contributed by atoms with Gasteiger partial charge in [0.1, 0.15) is 5.70 Å². The van der Waals surface area contributed by atoms with Crippen LogP contribution >= 0.6 is 11.6 Å². The van der Waals surface area contributed by atoms with Gasteiger partial charge in [-0.2, -0.15) is 13.2 Å². The van der Waals surface area contributed by atoms with E-state index in [-0.39, 0.29) is 12.0 Å². The van der Waals surface area contributed by atoms with Crippen LogP contribution in [-0.4, -0.2) is 12.0 Å². The molecule has 6 heteroatoms. The largest absolute Gasteiger partial charge is 0.431 e. The summed E-state index contributed by atoms with van der Waals surface area (Å²) < 4.78 is 37.4. The van der Waals surface area contributed by atoms with E-state index in [0.29, 0.717) is 5.02 Å². The van der Waals surface area contributed by atoms with Gasteiger partial charge in [-0.25, -0.2) is 0 Å². The van der Waals surface area contributed by atoms with Gasteiger partial charge in [0.25, 0.3) is 0 Å². The average molecular weight is 278 g/mol. The molecule has 2 N–H and O–H groups in total. The maximum atomic E-state index is 12.5. The van der Waals surface area contributed by atoms with Crippen LogP contribution in [0.5, 0.6) is 0 Å². The van der Waals surface area contributed by atoms with Crippen LogP contribution in [0.3, 0.4) is 0 Å². The quantitative estimate of drug-likeness (QED) is 0.676. The Labute approximate surface area is 107 Å². The fourth-order valence-electron chi connectivity index (χ4n) is 1.42. The molecule has 0 spiro atoms. The number of nitrogens with two attached hydrogens (primary N) is 1. The molecule has 2 nitrogen and oxygen atoms in total. The summed E-state index contributed by atoms with van der Waals surface area (Å²) in [4.78, 5) is 11.9. The number of hydrogen-bond acceptors (Lipinski definition) is 2. The highest BCUT2D eigenvalue weighted by Crippen LogP contribution is 2.27. The number of halogens is 4. The van der Waals surface area contributed by atoms with Gasteiger partial charge in [-0.1, -0.05) is 18.5 Å². The molecule has 0 fully saturated rings. The molecule has 0 unspecified atom stereocenters. The summed E-state index contributed by atoms with van der Waals surface area (Å²) in [7, 11) is 0. The molecule has 18 heavy (non-hydrogen) atoms. The second-order valence-corrected chi connectivity index (χ2v) is 4.02. The molecule has 0 aliphatic carbocycles. The summed E-state index contributed by atoms with van der Waals surface area (Å²) in [5, 5.41) is 0.400. The van der Waals surface area contributed by atoms with E-state index in [1.165, 1.54) is 31.2 Å². The predicted octanol–water partition coefficient (Wildman–Crippen LogP) is 3.71. The van der Waals surface area contributed by atoms with Crippen molar-refractivity contribution >= 4 is 17.4 Å². The molecule has 0 aromatic heterocycles. The first-order valence-corrected chi connectivity index (χ1v) is 5.51. The monoisotopic (exact) mass is 277 g/mol. The van der Waals surface area contributed by atoms with E-state index in [9.17, 15) is 18.0 Å². The maximum Gasteiger partial charge on any atom is 0.431 e. The van der Waals surface area contributed by atoms with Crippen molar-refractivity contribution in [3.8, 4) is 0 Å². The third kappa shape index (κ3) is 3.26. The van der Waals surface area contributed by atoms with Crippen molar-refractivity contribution in [3.05, 3.63) is 46.1 Å². The normalized spacial score (nSPS) is 13.2. The number of carbonyl (C=O) groups is 1. The molecule has 0 saturated carbocycles. The minimum absolute atomic E-state index is 0.0905. The molecule has 1 rings (SSSR count). The van der Waals surface area contributed by atoms with Gasteiger partial charge in [-0.3, -0.25) is 4.79 Å². The van der Waals surface area contributed by atoms with Crippen molar-refractivity contribution in [2.75, 3.05) is 0 Å². The standard InChI is InChI=1S/C12H11ClF3NO/c1-2-9(11(17)12(14,15)16)10(18)7-3-5-8(13)6-4-7/h3-6H,2,17H2,1H3/b11-9-. The van der Waals surface area contributed by atoms with Crippen LogP contribution in [-0.2, 0) is 0 Å². The molecule has 1 aromatic rings. The zero-order valence-corrected chi connectivity index (χ0v) is 10.3. The van der Waals surface area contributed by atoms with Crippen LogP contribution in [0.25, 0.3) is 0 Å². The number of hydrogen-bond donors (Lipinski definition) is 1. The molecule has 0 amide bonds. The molecule has 0 heterocycles. The number of allylic oxidation sites excluding steroid dienone is 2. The molecule has 0 aliphatic rings. The molecule has 0 atom stereocenters. The van der Waals surface area contributed by atoms with Gasteiger partial charge in [0.05, 0.1) is 0 Å². The summed E-state index contributed by atoms with van der Waals surface area (Å²) in [5.41, 5.74) is 3.33. The smallest absolute Gasteiger partial charge is 0.394 e. The number of Topliss-reactive ketones (excluding diaryl/α,β-unsaturated/α-hetero) is 1. The topological polar surface area (TPSA) is 43.1 Å². The zero-order chi connectivity index (χ0) is 13.9. The second-order valence-electron chi connectivity index (χ2n) is 3.58. The Kier molecular flexibility index (Phi) is 4.40. The Morgan fingerprint density at radius 2 is 1.78 bits per heavy atom. The van der Waals surface area contributed by atoms with Crippen LogP contribution in [0.2, 0.25) is 5.02 Å². The Morgan fingerprint density at radius 1 is 1.28 bits per heavy atom. The number of rotatable bonds is 3. The van der Waals surface area contributed by atoms with E-state index >= 15 is 0 Å². The van der Waals surface area contributed by atoms with E-state index in [0.717, 1.165) is 0 Å². The molecule has 98 valence electrons. The van der Waals surface area contributed by atoms with Gasteiger partial charge in [-0.05, 0) is 30.7 Å². The minimum Gasteiger partial charge on any atom is -0.394 e. The molecule has 0 bridgehead atoms.